The van der Waals surface area contributed by atoms with Gasteiger partial charge in [0, 0.05) is 18.0 Å². The second kappa shape index (κ2) is 5.85. The third-order valence-electron chi connectivity index (χ3n) is 4.10. The molecule has 1 aromatic rings. The zero-order valence-electron chi connectivity index (χ0n) is 11.2. The van der Waals surface area contributed by atoms with Gasteiger partial charge in [-0.25, -0.2) is 0 Å². The second-order valence-corrected chi connectivity index (χ2v) is 7.44. The molecule has 2 aliphatic rings. The van der Waals surface area contributed by atoms with E-state index in [4.69, 9.17) is 0 Å². The van der Waals surface area contributed by atoms with Gasteiger partial charge < -0.3 is 10.2 Å². The maximum absolute atomic E-state index is 12.7. The normalized spacial score (nSPS) is 23.9. The molecule has 0 aromatic carbocycles. The van der Waals surface area contributed by atoms with Crippen LogP contribution >= 0.6 is 23.1 Å². The van der Waals surface area contributed by atoms with Crippen LogP contribution in [0.3, 0.4) is 0 Å². The molecule has 5 heteroatoms. The molecule has 1 fully saturated rings. The van der Waals surface area contributed by atoms with Crippen molar-refractivity contribution in [2.24, 2.45) is 0 Å². The van der Waals surface area contributed by atoms with Crippen molar-refractivity contribution in [2.75, 3.05) is 25.9 Å². The number of piperidine rings is 1. The zero-order chi connectivity index (χ0) is 13.2. The molecule has 1 unspecified atom stereocenters. The fourth-order valence-corrected chi connectivity index (χ4v) is 5.30. The highest BCUT2D eigenvalue weighted by atomic mass is 32.2. The van der Waals surface area contributed by atoms with E-state index in [0.29, 0.717) is 11.9 Å². The predicted octanol–water partition coefficient (Wildman–Crippen LogP) is 2.29. The van der Waals surface area contributed by atoms with Gasteiger partial charge in [-0.2, -0.15) is 0 Å². The van der Waals surface area contributed by atoms with Gasteiger partial charge in [-0.3, -0.25) is 4.79 Å². The van der Waals surface area contributed by atoms with Crippen LogP contribution in [0.25, 0.3) is 0 Å². The van der Waals surface area contributed by atoms with Gasteiger partial charge in [-0.05, 0) is 55.1 Å². The number of carbonyl (C=O) groups is 1. The van der Waals surface area contributed by atoms with E-state index >= 15 is 0 Å². The number of hydrogen-bond acceptors (Lipinski definition) is 4. The molecule has 1 saturated heterocycles. The largest absolute Gasteiger partial charge is 0.341 e. The van der Waals surface area contributed by atoms with Crippen LogP contribution in [0.2, 0.25) is 0 Å². The molecule has 0 spiro atoms. The lowest BCUT2D eigenvalue weighted by Crippen LogP contribution is -2.45. The number of fused-ring (bicyclic) bond motifs is 1. The van der Waals surface area contributed by atoms with Crippen molar-refractivity contribution in [1.82, 2.24) is 10.2 Å². The van der Waals surface area contributed by atoms with E-state index < -0.39 is 0 Å². The summed E-state index contributed by atoms with van der Waals surface area (Å²) in [6.07, 6.45) is 3.28. The van der Waals surface area contributed by atoms with Gasteiger partial charge in [-0.1, -0.05) is 0 Å². The molecule has 1 N–H and O–H groups in total. The van der Waals surface area contributed by atoms with E-state index in [1.165, 1.54) is 10.4 Å². The number of nitrogens with one attached hydrogen (secondary N) is 1. The first-order chi connectivity index (χ1) is 9.27. The van der Waals surface area contributed by atoms with Crippen LogP contribution in [0.15, 0.2) is 11.4 Å². The number of nitrogens with zero attached hydrogens (tertiary/aromatic N) is 1. The Kier molecular flexibility index (Phi) is 4.15. The first-order valence-electron chi connectivity index (χ1n) is 6.92. The summed E-state index contributed by atoms with van der Waals surface area (Å²) in [7, 11) is 1.99. The fraction of sp³-hybridized carbons (Fsp3) is 0.643. The fourth-order valence-electron chi connectivity index (χ4n) is 2.91. The summed E-state index contributed by atoms with van der Waals surface area (Å²) in [5.74, 6) is 1.38. The summed E-state index contributed by atoms with van der Waals surface area (Å²) in [5, 5.41) is 5.52. The molecule has 0 radical (unpaired) electrons. The molecule has 3 nitrogen and oxygen atoms in total. The number of thiophene rings is 1. The number of amides is 1. The molecule has 1 amide bonds. The minimum absolute atomic E-state index is 0.0369. The van der Waals surface area contributed by atoms with Crippen molar-refractivity contribution in [3.05, 3.63) is 21.9 Å². The summed E-state index contributed by atoms with van der Waals surface area (Å²) < 4.78 is 0. The number of likely N-dealkylation sites (N-methyl/N-ethyl adjacent to an activating group) is 1. The van der Waals surface area contributed by atoms with Crippen LogP contribution in [-0.2, 0) is 11.2 Å². The number of carbonyl (C=O) groups excluding carboxylic acids is 1. The predicted molar refractivity (Wildman–Crippen MR) is 81.9 cm³/mol. The van der Waals surface area contributed by atoms with Gasteiger partial charge in [0.2, 0.25) is 5.91 Å². The maximum atomic E-state index is 12.7. The van der Waals surface area contributed by atoms with Gasteiger partial charge in [0.25, 0.3) is 0 Å². The van der Waals surface area contributed by atoms with Crippen molar-refractivity contribution in [3.63, 3.8) is 0 Å². The second-order valence-electron chi connectivity index (χ2n) is 5.23. The molecular formula is C14H20N2OS2. The molecule has 0 bridgehead atoms. The van der Waals surface area contributed by atoms with Crippen LogP contribution in [0, 0.1) is 0 Å². The van der Waals surface area contributed by atoms with Crippen LogP contribution < -0.4 is 5.32 Å². The molecule has 0 saturated carbocycles. The molecule has 3 rings (SSSR count). The summed E-state index contributed by atoms with van der Waals surface area (Å²) in [6, 6.07) is 2.56. The van der Waals surface area contributed by atoms with Gasteiger partial charge in [0.05, 0.1) is 0 Å². The van der Waals surface area contributed by atoms with Gasteiger partial charge in [0.1, 0.15) is 5.25 Å². The highest BCUT2D eigenvalue weighted by Gasteiger charge is 2.32. The molecule has 104 valence electrons. The Morgan fingerprint density at radius 1 is 1.42 bits per heavy atom. The first kappa shape index (κ1) is 13.5. The van der Waals surface area contributed by atoms with Crippen molar-refractivity contribution < 1.29 is 4.79 Å². The molecule has 2 aliphatic heterocycles. The molecular weight excluding hydrogens is 276 g/mol. The molecule has 3 heterocycles. The van der Waals surface area contributed by atoms with Gasteiger partial charge in [0.15, 0.2) is 0 Å². The van der Waals surface area contributed by atoms with E-state index in [1.54, 1.807) is 11.3 Å². The first-order valence-corrected chi connectivity index (χ1v) is 8.85. The third kappa shape index (κ3) is 2.69. The third-order valence-corrected chi connectivity index (χ3v) is 6.33. The van der Waals surface area contributed by atoms with Crippen LogP contribution in [0.5, 0.6) is 0 Å². The topological polar surface area (TPSA) is 32.3 Å². The molecule has 1 aromatic heterocycles. The summed E-state index contributed by atoms with van der Waals surface area (Å²) in [5.41, 5.74) is 1.27. The van der Waals surface area contributed by atoms with E-state index in [9.17, 15) is 4.79 Å². The maximum Gasteiger partial charge on any atom is 0.240 e. The average Bonchev–Trinajstić information content (AvgIpc) is 2.95. The van der Waals surface area contributed by atoms with Crippen LogP contribution in [-0.4, -0.2) is 42.7 Å². The lowest BCUT2D eigenvalue weighted by atomic mass is 10.0. The van der Waals surface area contributed by atoms with Crippen molar-refractivity contribution in [2.45, 2.75) is 30.6 Å². The Morgan fingerprint density at radius 3 is 3.00 bits per heavy atom. The van der Waals surface area contributed by atoms with Crippen molar-refractivity contribution in [1.29, 1.82) is 0 Å². The van der Waals surface area contributed by atoms with E-state index in [2.05, 4.69) is 16.8 Å². The van der Waals surface area contributed by atoms with E-state index in [-0.39, 0.29) is 5.25 Å². The summed E-state index contributed by atoms with van der Waals surface area (Å²) in [4.78, 5) is 16.2. The quantitative estimate of drug-likeness (QED) is 0.909. The highest BCUT2D eigenvalue weighted by molar-refractivity contribution is 8.00. The lowest BCUT2D eigenvalue weighted by molar-refractivity contribution is -0.132. The Labute approximate surface area is 122 Å². The lowest BCUT2D eigenvalue weighted by Gasteiger charge is -2.34. The number of rotatable bonds is 2. The Hall–Kier alpha value is -0.520. The summed E-state index contributed by atoms with van der Waals surface area (Å²) in [6.45, 7) is 2.06. The van der Waals surface area contributed by atoms with Crippen LogP contribution in [0.1, 0.15) is 28.5 Å². The van der Waals surface area contributed by atoms with Gasteiger partial charge >= 0.3 is 0 Å². The number of hydrogen-bond donors (Lipinski definition) is 1. The molecule has 19 heavy (non-hydrogen) atoms. The number of aryl methyl sites for hydroxylation is 1. The monoisotopic (exact) mass is 296 g/mol. The molecule has 0 aliphatic carbocycles. The minimum Gasteiger partial charge on any atom is -0.341 e. The standard InChI is InChI=1S/C14H20N2OS2/c1-16(10-2-6-15-7-3-10)14(17)13-11-4-8-18-12(11)5-9-19-13/h4,8,10,13,15H,2-3,5-7,9H2,1H3. The zero-order valence-corrected chi connectivity index (χ0v) is 12.9. The van der Waals surface area contributed by atoms with E-state index in [0.717, 1.165) is 38.1 Å². The van der Waals surface area contributed by atoms with E-state index in [1.807, 2.05) is 23.7 Å². The molecule has 1 atom stereocenters. The number of thioether (sulfide) groups is 1. The van der Waals surface area contributed by atoms with Crippen LogP contribution in [0.4, 0.5) is 0 Å². The smallest absolute Gasteiger partial charge is 0.240 e. The minimum atomic E-state index is 0.0369. The average molecular weight is 296 g/mol. The summed E-state index contributed by atoms with van der Waals surface area (Å²) >= 11 is 3.61. The Morgan fingerprint density at radius 2 is 2.21 bits per heavy atom. The Bertz CT molecular complexity index is 454. The van der Waals surface area contributed by atoms with Crippen molar-refractivity contribution >= 4 is 29.0 Å². The van der Waals surface area contributed by atoms with Crippen molar-refractivity contribution in [3.8, 4) is 0 Å². The SMILES string of the molecule is CN(C(=O)C1SCCc2sccc21)C1CCNCC1. The Balaban J connectivity index is 1.74. The van der Waals surface area contributed by atoms with Gasteiger partial charge in [-0.15, -0.1) is 23.1 Å². The highest BCUT2D eigenvalue weighted by Crippen LogP contribution is 2.40.